The molecule has 1 fully saturated rings. The van der Waals surface area contributed by atoms with Crippen molar-refractivity contribution in [3.63, 3.8) is 0 Å². The molecular formula is C12H20N2O2. The lowest BCUT2D eigenvalue weighted by Crippen LogP contribution is -2.36. The lowest BCUT2D eigenvalue weighted by atomic mass is 9.95. The van der Waals surface area contributed by atoms with Crippen LogP contribution in [0.4, 0.5) is 0 Å². The second-order valence-corrected chi connectivity index (χ2v) is 4.56. The summed E-state index contributed by atoms with van der Waals surface area (Å²) in [5, 5.41) is 16.7. The fraction of sp³-hybridized carbons (Fsp3) is 0.750. The van der Waals surface area contributed by atoms with Crippen LogP contribution in [0.1, 0.15) is 37.8 Å². The van der Waals surface area contributed by atoms with E-state index in [0.29, 0.717) is 12.0 Å². The summed E-state index contributed by atoms with van der Waals surface area (Å²) in [6.07, 6.45) is 7.67. The van der Waals surface area contributed by atoms with E-state index in [-0.39, 0.29) is 6.61 Å². The molecule has 0 unspecified atom stereocenters. The summed E-state index contributed by atoms with van der Waals surface area (Å²) in [6, 6.07) is 2.29. The van der Waals surface area contributed by atoms with Crippen LogP contribution >= 0.6 is 0 Å². The van der Waals surface area contributed by atoms with Crippen molar-refractivity contribution in [3.05, 3.63) is 18.0 Å². The molecule has 1 aromatic heterocycles. The van der Waals surface area contributed by atoms with Gasteiger partial charge in [0.2, 0.25) is 0 Å². The first-order valence-electron chi connectivity index (χ1n) is 6.13. The van der Waals surface area contributed by atoms with E-state index in [1.165, 1.54) is 19.3 Å². The molecule has 0 aliphatic heterocycles. The van der Waals surface area contributed by atoms with E-state index >= 15 is 0 Å². The molecule has 0 spiro atoms. The van der Waals surface area contributed by atoms with Crippen molar-refractivity contribution in [1.82, 2.24) is 10.5 Å². The smallest absolute Gasteiger partial charge is 0.124 e. The van der Waals surface area contributed by atoms with Gasteiger partial charge in [-0.1, -0.05) is 24.4 Å². The van der Waals surface area contributed by atoms with Gasteiger partial charge in [-0.25, -0.2) is 0 Å². The van der Waals surface area contributed by atoms with E-state index in [1.807, 2.05) is 6.07 Å². The largest absolute Gasteiger partial charge is 0.396 e. The van der Waals surface area contributed by atoms with E-state index in [0.717, 1.165) is 25.1 Å². The minimum Gasteiger partial charge on any atom is -0.396 e. The Bertz CT molecular complexity index is 287. The van der Waals surface area contributed by atoms with Crippen LogP contribution < -0.4 is 5.32 Å². The van der Waals surface area contributed by atoms with Gasteiger partial charge in [-0.05, 0) is 18.8 Å². The quantitative estimate of drug-likeness (QED) is 0.764. The molecular weight excluding hydrogens is 204 g/mol. The Morgan fingerprint density at radius 3 is 3.00 bits per heavy atom. The molecule has 4 nitrogen and oxygen atoms in total. The third-order valence-electron chi connectivity index (χ3n) is 3.43. The van der Waals surface area contributed by atoms with Crippen LogP contribution in [0.25, 0.3) is 0 Å². The van der Waals surface area contributed by atoms with E-state index in [4.69, 9.17) is 4.52 Å². The molecule has 2 N–H and O–H groups in total. The molecule has 0 aromatic carbocycles. The van der Waals surface area contributed by atoms with Gasteiger partial charge in [0.1, 0.15) is 6.26 Å². The molecule has 4 heteroatoms. The average molecular weight is 224 g/mol. The van der Waals surface area contributed by atoms with E-state index in [1.54, 1.807) is 6.26 Å². The van der Waals surface area contributed by atoms with Gasteiger partial charge in [-0.2, -0.15) is 0 Å². The molecule has 1 saturated carbocycles. The number of nitrogens with zero attached hydrogens (tertiary/aromatic N) is 1. The number of aliphatic hydroxyl groups is 1. The van der Waals surface area contributed by atoms with Crippen LogP contribution in [0, 0.1) is 5.92 Å². The zero-order valence-corrected chi connectivity index (χ0v) is 9.56. The first kappa shape index (κ1) is 11.6. The normalized spacial score (nSPS) is 26.6. The minimum atomic E-state index is 0.288. The molecule has 1 heterocycles. The van der Waals surface area contributed by atoms with Crippen molar-refractivity contribution in [3.8, 4) is 0 Å². The van der Waals surface area contributed by atoms with Gasteiger partial charge in [0, 0.05) is 25.3 Å². The van der Waals surface area contributed by atoms with E-state index in [9.17, 15) is 5.11 Å². The maximum Gasteiger partial charge on any atom is 0.124 e. The van der Waals surface area contributed by atoms with Crippen LogP contribution in [-0.4, -0.2) is 22.9 Å². The Morgan fingerprint density at radius 1 is 1.38 bits per heavy atom. The second kappa shape index (κ2) is 6.01. The molecule has 2 rings (SSSR count). The van der Waals surface area contributed by atoms with Crippen molar-refractivity contribution >= 4 is 0 Å². The van der Waals surface area contributed by atoms with Crippen LogP contribution in [0.3, 0.4) is 0 Å². The van der Waals surface area contributed by atoms with Crippen LogP contribution in [0.2, 0.25) is 0 Å². The lowest BCUT2D eigenvalue weighted by molar-refractivity contribution is 0.180. The molecule has 2 atom stereocenters. The highest BCUT2D eigenvalue weighted by molar-refractivity contribution is 4.95. The van der Waals surface area contributed by atoms with Crippen LogP contribution in [0.15, 0.2) is 16.9 Å². The summed E-state index contributed by atoms with van der Waals surface area (Å²) >= 11 is 0. The van der Waals surface area contributed by atoms with E-state index < -0.39 is 0 Å². The van der Waals surface area contributed by atoms with Gasteiger partial charge >= 0.3 is 0 Å². The third kappa shape index (κ3) is 3.06. The molecule has 16 heavy (non-hydrogen) atoms. The summed E-state index contributed by atoms with van der Waals surface area (Å²) in [5.41, 5.74) is 0.931. The molecule has 0 bridgehead atoms. The second-order valence-electron chi connectivity index (χ2n) is 4.56. The predicted molar refractivity (Wildman–Crippen MR) is 60.8 cm³/mol. The van der Waals surface area contributed by atoms with Gasteiger partial charge in [0.05, 0.1) is 5.69 Å². The zero-order chi connectivity index (χ0) is 11.2. The van der Waals surface area contributed by atoms with Crippen LogP contribution in [0.5, 0.6) is 0 Å². The zero-order valence-electron chi connectivity index (χ0n) is 9.56. The number of hydrogen-bond acceptors (Lipinski definition) is 4. The molecule has 1 aliphatic carbocycles. The lowest BCUT2D eigenvalue weighted by Gasteiger charge is -2.24. The fourth-order valence-corrected chi connectivity index (χ4v) is 2.44. The van der Waals surface area contributed by atoms with Gasteiger partial charge in [0.15, 0.2) is 0 Å². The Morgan fingerprint density at radius 2 is 2.25 bits per heavy atom. The number of aromatic nitrogens is 1. The average Bonchev–Trinajstić information content (AvgIpc) is 2.71. The number of hydrogen-bond donors (Lipinski definition) is 2. The SMILES string of the molecule is OC[C@H]1CCCCC[C@@H]1NCc1ccon1. The first-order valence-corrected chi connectivity index (χ1v) is 6.13. The third-order valence-corrected chi connectivity index (χ3v) is 3.43. The first-order chi connectivity index (χ1) is 7.90. The number of aliphatic hydroxyl groups excluding tert-OH is 1. The standard InChI is InChI=1S/C12H20N2O2/c15-9-10-4-2-1-3-5-12(10)13-8-11-6-7-16-14-11/h6-7,10,12-13,15H,1-5,8-9H2/t10-,12+/m1/s1. The van der Waals surface area contributed by atoms with Crippen molar-refractivity contribution in [1.29, 1.82) is 0 Å². The Hall–Kier alpha value is -0.870. The molecule has 0 radical (unpaired) electrons. The van der Waals surface area contributed by atoms with Crippen molar-refractivity contribution < 1.29 is 9.63 Å². The van der Waals surface area contributed by atoms with Gasteiger partial charge in [-0.3, -0.25) is 0 Å². The Kier molecular flexibility index (Phi) is 4.36. The molecule has 1 aromatic rings. The van der Waals surface area contributed by atoms with Crippen molar-refractivity contribution in [2.24, 2.45) is 5.92 Å². The van der Waals surface area contributed by atoms with Crippen molar-refractivity contribution in [2.75, 3.05) is 6.61 Å². The van der Waals surface area contributed by atoms with E-state index in [2.05, 4.69) is 10.5 Å². The highest BCUT2D eigenvalue weighted by Gasteiger charge is 2.22. The summed E-state index contributed by atoms with van der Waals surface area (Å²) in [6.45, 7) is 1.02. The summed E-state index contributed by atoms with van der Waals surface area (Å²) < 4.78 is 4.79. The predicted octanol–water partition coefficient (Wildman–Crippen LogP) is 1.71. The minimum absolute atomic E-state index is 0.288. The topological polar surface area (TPSA) is 58.3 Å². The number of rotatable bonds is 4. The van der Waals surface area contributed by atoms with Crippen molar-refractivity contribution in [2.45, 2.75) is 44.7 Å². The summed E-state index contributed by atoms with van der Waals surface area (Å²) in [4.78, 5) is 0. The molecule has 1 aliphatic rings. The molecule has 0 amide bonds. The summed E-state index contributed by atoms with van der Waals surface area (Å²) in [5.74, 6) is 0.398. The Balaban J connectivity index is 1.85. The van der Waals surface area contributed by atoms with Gasteiger partial charge in [-0.15, -0.1) is 0 Å². The Labute approximate surface area is 96.0 Å². The van der Waals surface area contributed by atoms with Gasteiger partial charge in [0.25, 0.3) is 0 Å². The maximum atomic E-state index is 9.37. The molecule has 0 saturated heterocycles. The monoisotopic (exact) mass is 224 g/mol. The van der Waals surface area contributed by atoms with Gasteiger partial charge < -0.3 is 14.9 Å². The summed E-state index contributed by atoms with van der Waals surface area (Å²) in [7, 11) is 0. The highest BCUT2D eigenvalue weighted by Crippen LogP contribution is 2.23. The van der Waals surface area contributed by atoms with Crippen LogP contribution in [-0.2, 0) is 6.54 Å². The molecule has 90 valence electrons. The maximum absolute atomic E-state index is 9.37. The number of nitrogens with one attached hydrogen (secondary N) is 1. The fourth-order valence-electron chi connectivity index (χ4n) is 2.44. The highest BCUT2D eigenvalue weighted by atomic mass is 16.5.